The van der Waals surface area contributed by atoms with Crippen LogP contribution in [0.5, 0.6) is 5.75 Å². The Labute approximate surface area is 187 Å². The summed E-state index contributed by atoms with van der Waals surface area (Å²) in [6.07, 6.45) is 0.540. The van der Waals surface area contributed by atoms with Gasteiger partial charge in [-0.1, -0.05) is 48.5 Å². The molecule has 0 N–H and O–H groups in total. The molecule has 6 nitrogen and oxygen atoms in total. The standard InChI is InChI=1S/C26H24N2O4/c1-32-22-14-12-21(13-15-22)28-24(29)18-23(26(28)31)27(17-16-19-8-4-2-5-9-19)25(30)20-10-6-3-7-11-20/h2-15,23H,16-18H2,1H3/t23-/m0/s1. The van der Waals surface area contributed by atoms with Gasteiger partial charge in [0.1, 0.15) is 11.8 Å². The zero-order valence-electron chi connectivity index (χ0n) is 17.8. The molecule has 6 heteroatoms. The van der Waals surface area contributed by atoms with Crippen molar-refractivity contribution in [3.05, 3.63) is 96.1 Å². The Bertz CT molecular complexity index is 1100. The lowest BCUT2D eigenvalue weighted by atomic mass is 10.1. The molecule has 1 saturated heterocycles. The molecule has 0 bridgehead atoms. The molecule has 3 aromatic rings. The van der Waals surface area contributed by atoms with Crippen molar-refractivity contribution in [2.24, 2.45) is 0 Å². The molecule has 32 heavy (non-hydrogen) atoms. The quantitative estimate of drug-likeness (QED) is 0.538. The Hall–Kier alpha value is -3.93. The lowest BCUT2D eigenvalue weighted by Gasteiger charge is -2.28. The number of ether oxygens (including phenoxy) is 1. The SMILES string of the molecule is COc1ccc(N2C(=O)C[C@H](N(CCc3ccccc3)C(=O)c3ccccc3)C2=O)cc1. The summed E-state index contributed by atoms with van der Waals surface area (Å²) < 4.78 is 5.16. The van der Waals surface area contributed by atoms with Crippen molar-refractivity contribution in [3.63, 3.8) is 0 Å². The largest absolute Gasteiger partial charge is 0.497 e. The third-order valence-corrected chi connectivity index (χ3v) is 5.60. The summed E-state index contributed by atoms with van der Waals surface area (Å²) in [5, 5.41) is 0. The summed E-state index contributed by atoms with van der Waals surface area (Å²) in [5.41, 5.74) is 2.02. The molecule has 0 aliphatic carbocycles. The molecule has 0 aromatic heterocycles. The predicted molar refractivity (Wildman–Crippen MR) is 122 cm³/mol. The molecule has 3 amide bonds. The average molecular weight is 428 g/mol. The van der Waals surface area contributed by atoms with Crippen LogP contribution in [0.3, 0.4) is 0 Å². The maximum Gasteiger partial charge on any atom is 0.257 e. The summed E-state index contributed by atoms with van der Waals surface area (Å²) in [7, 11) is 1.55. The molecule has 1 atom stereocenters. The fraction of sp³-hybridized carbons (Fsp3) is 0.192. The second-order valence-corrected chi connectivity index (χ2v) is 7.59. The molecule has 1 aliphatic rings. The van der Waals surface area contributed by atoms with E-state index >= 15 is 0 Å². The Kier molecular flexibility index (Phi) is 6.31. The Balaban J connectivity index is 1.61. The number of hydrogen-bond acceptors (Lipinski definition) is 4. The highest BCUT2D eigenvalue weighted by atomic mass is 16.5. The molecule has 1 fully saturated rings. The minimum absolute atomic E-state index is 0.0434. The summed E-state index contributed by atoms with van der Waals surface area (Å²) in [6, 6.07) is 24.5. The highest BCUT2D eigenvalue weighted by Crippen LogP contribution is 2.28. The van der Waals surface area contributed by atoms with Crippen LogP contribution in [0.1, 0.15) is 22.3 Å². The third-order valence-electron chi connectivity index (χ3n) is 5.60. The first-order valence-electron chi connectivity index (χ1n) is 10.5. The van der Waals surface area contributed by atoms with E-state index in [0.717, 1.165) is 10.5 Å². The fourth-order valence-corrected chi connectivity index (χ4v) is 3.90. The molecule has 4 rings (SSSR count). The number of anilines is 1. The first kappa shape index (κ1) is 21.3. The van der Waals surface area contributed by atoms with Crippen LogP contribution in [-0.2, 0) is 16.0 Å². The number of nitrogens with zero attached hydrogens (tertiary/aromatic N) is 2. The molecule has 1 heterocycles. The summed E-state index contributed by atoms with van der Waals surface area (Å²) in [5.74, 6) is -0.342. The van der Waals surface area contributed by atoms with Crippen LogP contribution in [0, 0.1) is 0 Å². The van der Waals surface area contributed by atoms with Gasteiger partial charge in [-0.3, -0.25) is 14.4 Å². The fourth-order valence-electron chi connectivity index (χ4n) is 3.90. The van der Waals surface area contributed by atoms with Gasteiger partial charge < -0.3 is 9.64 Å². The Morgan fingerprint density at radius 1 is 0.938 bits per heavy atom. The monoisotopic (exact) mass is 428 g/mol. The van der Waals surface area contributed by atoms with Gasteiger partial charge in [-0.2, -0.15) is 0 Å². The van der Waals surface area contributed by atoms with E-state index in [-0.39, 0.29) is 18.2 Å². The lowest BCUT2D eigenvalue weighted by molar-refractivity contribution is -0.122. The lowest BCUT2D eigenvalue weighted by Crippen LogP contribution is -2.46. The van der Waals surface area contributed by atoms with Crippen molar-refractivity contribution < 1.29 is 19.1 Å². The summed E-state index contributed by atoms with van der Waals surface area (Å²) in [4.78, 5) is 42.2. The van der Waals surface area contributed by atoms with Crippen molar-refractivity contribution >= 4 is 23.4 Å². The van der Waals surface area contributed by atoms with Crippen molar-refractivity contribution in [2.75, 3.05) is 18.6 Å². The smallest absolute Gasteiger partial charge is 0.257 e. The van der Waals surface area contributed by atoms with Gasteiger partial charge in [0, 0.05) is 12.1 Å². The van der Waals surface area contributed by atoms with Crippen molar-refractivity contribution in [1.29, 1.82) is 0 Å². The second-order valence-electron chi connectivity index (χ2n) is 7.59. The second kappa shape index (κ2) is 9.47. The topological polar surface area (TPSA) is 66.9 Å². The number of amides is 3. The van der Waals surface area contributed by atoms with Gasteiger partial charge in [-0.25, -0.2) is 4.90 Å². The summed E-state index contributed by atoms with van der Waals surface area (Å²) in [6.45, 7) is 0.331. The number of methoxy groups -OCH3 is 1. The maximum atomic E-state index is 13.4. The molecular weight excluding hydrogens is 404 g/mol. The van der Waals surface area contributed by atoms with Crippen molar-refractivity contribution in [3.8, 4) is 5.75 Å². The number of benzene rings is 3. The van der Waals surface area contributed by atoms with Crippen LogP contribution >= 0.6 is 0 Å². The Morgan fingerprint density at radius 3 is 2.19 bits per heavy atom. The molecule has 0 saturated carbocycles. The number of hydrogen-bond donors (Lipinski definition) is 0. The van der Waals surface area contributed by atoms with Gasteiger partial charge in [-0.05, 0) is 48.4 Å². The van der Waals surface area contributed by atoms with Gasteiger partial charge in [-0.15, -0.1) is 0 Å². The highest BCUT2D eigenvalue weighted by Gasteiger charge is 2.44. The van der Waals surface area contributed by atoms with E-state index in [1.165, 1.54) is 4.90 Å². The van der Waals surface area contributed by atoms with Crippen LogP contribution < -0.4 is 9.64 Å². The predicted octanol–water partition coefficient (Wildman–Crippen LogP) is 3.71. The highest BCUT2D eigenvalue weighted by molar-refractivity contribution is 6.23. The maximum absolute atomic E-state index is 13.4. The number of carbonyl (C=O) groups excluding carboxylic acids is 3. The van der Waals surface area contributed by atoms with Crippen molar-refractivity contribution in [2.45, 2.75) is 18.9 Å². The number of imide groups is 1. The van der Waals surface area contributed by atoms with Crippen molar-refractivity contribution in [1.82, 2.24) is 4.90 Å². The third kappa shape index (κ3) is 4.39. The minimum atomic E-state index is -0.846. The van der Waals surface area contributed by atoms with Gasteiger partial charge in [0.25, 0.3) is 11.8 Å². The molecule has 3 aromatic carbocycles. The van der Waals surface area contributed by atoms with E-state index in [4.69, 9.17) is 4.74 Å². The first-order chi connectivity index (χ1) is 15.6. The number of rotatable bonds is 7. The van der Waals surface area contributed by atoms with Gasteiger partial charge in [0.05, 0.1) is 19.2 Å². The molecule has 1 aliphatic heterocycles. The van der Waals surface area contributed by atoms with E-state index in [0.29, 0.717) is 30.0 Å². The minimum Gasteiger partial charge on any atom is -0.497 e. The van der Waals surface area contributed by atoms with Crippen LogP contribution in [0.4, 0.5) is 5.69 Å². The summed E-state index contributed by atoms with van der Waals surface area (Å²) >= 11 is 0. The zero-order valence-corrected chi connectivity index (χ0v) is 17.8. The molecule has 0 unspecified atom stereocenters. The normalized spacial score (nSPS) is 15.7. The van der Waals surface area contributed by atoms with Gasteiger partial charge >= 0.3 is 0 Å². The molecule has 162 valence electrons. The molecular formula is C26H24N2O4. The number of carbonyl (C=O) groups is 3. The van der Waals surface area contributed by atoms with E-state index in [1.54, 1.807) is 55.6 Å². The van der Waals surface area contributed by atoms with Crippen LogP contribution in [-0.4, -0.2) is 42.3 Å². The van der Waals surface area contributed by atoms with E-state index < -0.39 is 11.9 Å². The van der Waals surface area contributed by atoms with Gasteiger partial charge in [0.2, 0.25) is 5.91 Å². The molecule has 0 radical (unpaired) electrons. The van der Waals surface area contributed by atoms with E-state index in [9.17, 15) is 14.4 Å². The van der Waals surface area contributed by atoms with Crippen LogP contribution in [0.2, 0.25) is 0 Å². The van der Waals surface area contributed by atoms with E-state index in [1.807, 2.05) is 36.4 Å². The Morgan fingerprint density at radius 2 is 1.56 bits per heavy atom. The molecule has 0 spiro atoms. The first-order valence-corrected chi connectivity index (χ1v) is 10.5. The average Bonchev–Trinajstić information content (AvgIpc) is 3.14. The van der Waals surface area contributed by atoms with E-state index in [2.05, 4.69) is 0 Å². The van der Waals surface area contributed by atoms with Crippen LogP contribution in [0.15, 0.2) is 84.9 Å². The zero-order chi connectivity index (χ0) is 22.5. The van der Waals surface area contributed by atoms with Crippen LogP contribution in [0.25, 0.3) is 0 Å². The van der Waals surface area contributed by atoms with Gasteiger partial charge in [0.15, 0.2) is 0 Å².